The summed E-state index contributed by atoms with van der Waals surface area (Å²) in [5.74, 6) is 0. The van der Waals surface area contributed by atoms with Crippen LogP contribution in [0.15, 0.2) is 30.5 Å². The number of hydrogen-bond acceptors (Lipinski definition) is 2. The van der Waals surface area contributed by atoms with Crippen molar-refractivity contribution in [1.82, 2.24) is 4.98 Å². The van der Waals surface area contributed by atoms with E-state index in [-0.39, 0.29) is 0 Å². The number of aromatic nitrogens is 1. The van der Waals surface area contributed by atoms with Crippen LogP contribution in [-0.4, -0.2) is 17.6 Å². The normalized spacial score (nSPS) is 20.3. The molecule has 0 spiro atoms. The predicted octanol–water partition coefficient (Wildman–Crippen LogP) is 3.92. The van der Waals surface area contributed by atoms with Crippen molar-refractivity contribution < 1.29 is 0 Å². The van der Waals surface area contributed by atoms with Crippen molar-refractivity contribution in [3.63, 3.8) is 0 Å². The van der Waals surface area contributed by atoms with E-state index >= 15 is 0 Å². The van der Waals surface area contributed by atoms with E-state index in [1.807, 2.05) is 6.20 Å². The molecule has 2 nitrogen and oxygen atoms in total. The summed E-state index contributed by atoms with van der Waals surface area (Å²) in [6.07, 6.45) is 5.91. The molecule has 1 atom stereocenters. The number of fused-ring (bicyclic) bond motifs is 1. The van der Waals surface area contributed by atoms with Crippen molar-refractivity contribution in [2.75, 3.05) is 11.4 Å². The van der Waals surface area contributed by atoms with Gasteiger partial charge in [-0.2, -0.15) is 0 Å². The number of aryl methyl sites for hydroxylation is 1. The first-order valence-electron chi connectivity index (χ1n) is 6.88. The van der Waals surface area contributed by atoms with Crippen LogP contribution in [0.1, 0.15) is 31.7 Å². The molecule has 2 heterocycles. The molecular weight excluding hydrogens is 220 g/mol. The third-order valence-corrected chi connectivity index (χ3v) is 3.99. The van der Waals surface area contributed by atoms with Crippen LogP contribution in [0.5, 0.6) is 0 Å². The number of nitrogens with zero attached hydrogens (tertiary/aromatic N) is 2. The summed E-state index contributed by atoms with van der Waals surface area (Å²) in [4.78, 5) is 7.02. The minimum Gasteiger partial charge on any atom is -0.368 e. The largest absolute Gasteiger partial charge is 0.368 e. The zero-order valence-corrected chi connectivity index (χ0v) is 11.2. The lowest BCUT2D eigenvalue weighted by Gasteiger charge is -2.36. The molecule has 0 saturated carbocycles. The zero-order valence-electron chi connectivity index (χ0n) is 11.2. The Morgan fingerprint density at radius 1 is 1.22 bits per heavy atom. The standard InChI is InChI=1S/C16H20N2/c1-12-6-7-15-14(11-12)16(8-9-17-15)18-10-4-3-5-13(18)2/h6-9,11,13H,3-5,10H2,1-2H3. The molecule has 0 N–H and O–H groups in total. The van der Waals surface area contributed by atoms with Crippen LogP contribution in [0.2, 0.25) is 0 Å². The molecule has 1 aliphatic heterocycles. The van der Waals surface area contributed by atoms with E-state index in [9.17, 15) is 0 Å². The molecule has 0 radical (unpaired) electrons. The molecular formula is C16H20N2. The molecule has 3 rings (SSSR count). The van der Waals surface area contributed by atoms with Crippen LogP contribution < -0.4 is 4.90 Å². The maximum absolute atomic E-state index is 4.48. The van der Waals surface area contributed by atoms with E-state index in [0.29, 0.717) is 6.04 Å². The van der Waals surface area contributed by atoms with Crippen LogP contribution in [0, 0.1) is 6.92 Å². The maximum atomic E-state index is 4.48. The molecule has 0 amide bonds. The minimum atomic E-state index is 0.643. The molecule has 94 valence electrons. The number of anilines is 1. The Bertz CT molecular complexity index is 562. The molecule has 0 bridgehead atoms. The highest BCUT2D eigenvalue weighted by atomic mass is 15.2. The Labute approximate surface area is 109 Å². The Balaban J connectivity index is 2.12. The first-order chi connectivity index (χ1) is 8.75. The van der Waals surface area contributed by atoms with Gasteiger partial charge in [0.25, 0.3) is 0 Å². The fraction of sp³-hybridized carbons (Fsp3) is 0.438. The molecule has 1 aliphatic rings. The molecule has 0 aliphatic carbocycles. The van der Waals surface area contributed by atoms with Crippen LogP contribution in [0.4, 0.5) is 5.69 Å². The van der Waals surface area contributed by atoms with Gasteiger partial charge in [0.15, 0.2) is 0 Å². The summed E-state index contributed by atoms with van der Waals surface area (Å²) >= 11 is 0. The van der Waals surface area contributed by atoms with Gasteiger partial charge in [-0.15, -0.1) is 0 Å². The summed E-state index contributed by atoms with van der Waals surface area (Å²) < 4.78 is 0. The second-order valence-electron chi connectivity index (χ2n) is 5.39. The van der Waals surface area contributed by atoms with E-state index in [0.717, 1.165) is 5.52 Å². The lowest BCUT2D eigenvalue weighted by Crippen LogP contribution is -2.37. The average Bonchev–Trinajstić information content (AvgIpc) is 2.39. The molecule has 2 heteroatoms. The number of benzene rings is 1. The Morgan fingerprint density at radius 2 is 2.11 bits per heavy atom. The maximum Gasteiger partial charge on any atom is 0.0722 e. The second-order valence-corrected chi connectivity index (χ2v) is 5.39. The van der Waals surface area contributed by atoms with Gasteiger partial charge >= 0.3 is 0 Å². The molecule has 18 heavy (non-hydrogen) atoms. The number of pyridine rings is 1. The average molecular weight is 240 g/mol. The molecule has 2 aromatic rings. The van der Waals surface area contributed by atoms with Gasteiger partial charge in [-0.05, 0) is 51.3 Å². The fourth-order valence-electron chi connectivity index (χ4n) is 2.95. The van der Waals surface area contributed by atoms with E-state index in [1.165, 1.54) is 42.4 Å². The van der Waals surface area contributed by atoms with Crippen LogP contribution in [0.3, 0.4) is 0 Å². The van der Waals surface area contributed by atoms with Crippen molar-refractivity contribution in [1.29, 1.82) is 0 Å². The van der Waals surface area contributed by atoms with Crippen molar-refractivity contribution in [2.24, 2.45) is 0 Å². The van der Waals surface area contributed by atoms with E-state index in [1.54, 1.807) is 0 Å². The van der Waals surface area contributed by atoms with Gasteiger partial charge in [-0.25, -0.2) is 0 Å². The summed E-state index contributed by atoms with van der Waals surface area (Å²) in [5.41, 5.74) is 3.77. The van der Waals surface area contributed by atoms with E-state index in [4.69, 9.17) is 0 Å². The Kier molecular flexibility index (Phi) is 2.94. The quantitative estimate of drug-likeness (QED) is 0.751. The summed E-state index contributed by atoms with van der Waals surface area (Å²) in [6.45, 7) is 5.66. The fourth-order valence-corrected chi connectivity index (χ4v) is 2.95. The van der Waals surface area contributed by atoms with Crippen LogP contribution in [0.25, 0.3) is 10.9 Å². The number of hydrogen-bond donors (Lipinski definition) is 0. The second kappa shape index (κ2) is 4.60. The van der Waals surface area contributed by atoms with Crippen molar-refractivity contribution >= 4 is 16.6 Å². The molecule has 1 aromatic heterocycles. The number of rotatable bonds is 1. The predicted molar refractivity (Wildman–Crippen MR) is 77.1 cm³/mol. The summed E-state index contributed by atoms with van der Waals surface area (Å²) in [6, 6.07) is 9.34. The number of piperidine rings is 1. The smallest absolute Gasteiger partial charge is 0.0722 e. The van der Waals surface area contributed by atoms with Gasteiger partial charge in [0.1, 0.15) is 0 Å². The highest BCUT2D eigenvalue weighted by molar-refractivity contribution is 5.92. The third-order valence-electron chi connectivity index (χ3n) is 3.99. The van der Waals surface area contributed by atoms with Gasteiger partial charge in [0.05, 0.1) is 5.52 Å². The highest BCUT2D eigenvalue weighted by Crippen LogP contribution is 2.30. The molecule has 1 saturated heterocycles. The molecule has 1 aromatic carbocycles. The first kappa shape index (κ1) is 11.5. The Morgan fingerprint density at radius 3 is 2.94 bits per heavy atom. The topological polar surface area (TPSA) is 16.1 Å². The van der Waals surface area contributed by atoms with Crippen molar-refractivity contribution in [3.8, 4) is 0 Å². The summed E-state index contributed by atoms with van der Waals surface area (Å²) in [5, 5.41) is 1.30. The van der Waals surface area contributed by atoms with Gasteiger partial charge in [-0.1, -0.05) is 11.6 Å². The lowest BCUT2D eigenvalue weighted by atomic mass is 10.0. The van der Waals surface area contributed by atoms with Gasteiger partial charge in [0, 0.05) is 29.9 Å². The van der Waals surface area contributed by atoms with E-state index in [2.05, 4.69) is 48.0 Å². The zero-order chi connectivity index (χ0) is 12.5. The first-order valence-corrected chi connectivity index (χ1v) is 6.88. The van der Waals surface area contributed by atoms with Crippen molar-refractivity contribution in [3.05, 3.63) is 36.0 Å². The van der Waals surface area contributed by atoms with Gasteiger partial charge in [0.2, 0.25) is 0 Å². The monoisotopic (exact) mass is 240 g/mol. The summed E-state index contributed by atoms with van der Waals surface area (Å²) in [7, 11) is 0. The minimum absolute atomic E-state index is 0.643. The Hall–Kier alpha value is -1.57. The van der Waals surface area contributed by atoms with Gasteiger partial charge < -0.3 is 4.90 Å². The lowest BCUT2D eigenvalue weighted by molar-refractivity contribution is 0.486. The van der Waals surface area contributed by atoms with Gasteiger partial charge in [-0.3, -0.25) is 4.98 Å². The SMILES string of the molecule is Cc1ccc2nccc(N3CCCCC3C)c2c1. The van der Waals surface area contributed by atoms with E-state index < -0.39 is 0 Å². The van der Waals surface area contributed by atoms with Crippen LogP contribution >= 0.6 is 0 Å². The third kappa shape index (κ3) is 1.96. The molecule has 1 fully saturated rings. The van der Waals surface area contributed by atoms with Crippen LogP contribution in [-0.2, 0) is 0 Å². The highest BCUT2D eigenvalue weighted by Gasteiger charge is 2.20. The van der Waals surface area contributed by atoms with Crippen molar-refractivity contribution in [2.45, 2.75) is 39.2 Å². The molecule has 1 unspecified atom stereocenters.